The third-order valence-electron chi connectivity index (χ3n) is 5.65. The molecule has 1 unspecified atom stereocenters. The summed E-state index contributed by atoms with van der Waals surface area (Å²) in [6.07, 6.45) is 3.41. The van der Waals surface area contributed by atoms with Crippen molar-refractivity contribution in [1.82, 2.24) is 24.9 Å². The van der Waals surface area contributed by atoms with Crippen molar-refractivity contribution >= 4 is 17.7 Å². The molecule has 2 saturated heterocycles. The van der Waals surface area contributed by atoms with Gasteiger partial charge in [0.15, 0.2) is 0 Å². The van der Waals surface area contributed by atoms with Gasteiger partial charge in [-0.15, -0.1) is 0 Å². The molecule has 0 aliphatic carbocycles. The summed E-state index contributed by atoms with van der Waals surface area (Å²) in [4.78, 5) is 42.4. The van der Waals surface area contributed by atoms with Crippen LogP contribution >= 0.6 is 0 Å². The Morgan fingerprint density at radius 2 is 2.04 bits per heavy atom. The Morgan fingerprint density at radius 1 is 1.32 bits per heavy atom. The molecule has 0 aromatic carbocycles. The van der Waals surface area contributed by atoms with Crippen molar-refractivity contribution < 1.29 is 19.1 Å². The fraction of sp³-hybridized carbons (Fsp3) is 0.684. The Hall–Kier alpha value is -2.42. The van der Waals surface area contributed by atoms with Gasteiger partial charge in [-0.05, 0) is 12.8 Å². The van der Waals surface area contributed by atoms with E-state index in [2.05, 4.69) is 10.2 Å². The number of amides is 3. The van der Waals surface area contributed by atoms with Gasteiger partial charge in [-0.2, -0.15) is 5.10 Å². The SMILES string of the molecule is COCCN1CC(C(=O)N2CCC(c3[nH]ncc3C(=O)N(C)C)CC2)CC1=O. The average Bonchev–Trinajstić information content (AvgIpc) is 3.32. The van der Waals surface area contributed by atoms with Gasteiger partial charge in [0.1, 0.15) is 0 Å². The highest BCUT2D eigenvalue weighted by Crippen LogP contribution is 2.31. The molecule has 1 atom stereocenters. The van der Waals surface area contributed by atoms with E-state index in [9.17, 15) is 14.4 Å². The van der Waals surface area contributed by atoms with E-state index < -0.39 is 0 Å². The molecule has 0 bridgehead atoms. The molecule has 2 fully saturated rings. The summed E-state index contributed by atoms with van der Waals surface area (Å²) in [5.74, 6) is -0.0776. The van der Waals surface area contributed by atoms with Crippen molar-refractivity contribution in [3.63, 3.8) is 0 Å². The maximum atomic E-state index is 12.9. The highest BCUT2D eigenvalue weighted by Gasteiger charge is 2.37. The normalized spacial score (nSPS) is 20.7. The number of nitrogens with zero attached hydrogens (tertiary/aromatic N) is 4. The number of carbonyl (C=O) groups is 3. The third-order valence-corrected chi connectivity index (χ3v) is 5.65. The molecule has 154 valence electrons. The first kappa shape index (κ1) is 20.3. The number of nitrogens with one attached hydrogen (secondary N) is 1. The van der Waals surface area contributed by atoms with E-state index in [4.69, 9.17) is 4.74 Å². The molecule has 2 aliphatic heterocycles. The van der Waals surface area contributed by atoms with Crippen LogP contribution in [0.25, 0.3) is 0 Å². The maximum absolute atomic E-state index is 12.9. The number of likely N-dealkylation sites (tertiary alicyclic amines) is 2. The Bertz CT molecular complexity index is 724. The lowest BCUT2D eigenvalue weighted by Crippen LogP contribution is -2.42. The first-order chi connectivity index (χ1) is 13.4. The number of hydrogen-bond donors (Lipinski definition) is 1. The monoisotopic (exact) mass is 391 g/mol. The van der Waals surface area contributed by atoms with Crippen molar-refractivity contribution in [2.24, 2.45) is 5.92 Å². The molecule has 0 radical (unpaired) electrons. The van der Waals surface area contributed by atoms with E-state index in [0.29, 0.717) is 38.3 Å². The summed E-state index contributed by atoms with van der Waals surface area (Å²) >= 11 is 0. The van der Waals surface area contributed by atoms with Gasteiger partial charge in [-0.1, -0.05) is 0 Å². The van der Waals surface area contributed by atoms with Gasteiger partial charge in [-0.25, -0.2) is 0 Å². The Labute approximate surface area is 165 Å². The number of piperidine rings is 1. The van der Waals surface area contributed by atoms with Crippen LogP contribution < -0.4 is 0 Å². The minimum atomic E-state index is -0.265. The Morgan fingerprint density at radius 3 is 2.68 bits per heavy atom. The molecule has 3 rings (SSSR count). The number of aromatic nitrogens is 2. The van der Waals surface area contributed by atoms with Crippen molar-refractivity contribution in [3.05, 3.63) is 17.5 Å². The van der Waals surface area contributed by atoms with Crippen molar-refractivity contribution in [2.45, 2.75) is 25.2 Å². The van der Waals surface area contributed by atoms with Gasteiger partial charge in [0.2, 0.25) is 11.8 Å². The van der Waals surface area contributed by atoms with Crippen LogP contribution in [-0.2, 0) is 14.3 Å². The molecule has 3 heterocycles. The van der Waals surface area contributed by atoms with Gasteiger partial charge < -0.3 is 19.4 Å². The van der Waals surface area contributed by atoms with Crippen LogP contribution in [0.5, 0.6) is 0 Å². The summed E-state index contributed by atoms with van der Waals surface area (Å²) < 4.78 is 5.03. The van der Waals surface area contributed by atoms with Gasteiger partial charge >= 0.3 is 0 Å². The highest BCUT2D eigenvalue weighted by atomic mass is 16.5. The number of H-pyrrole nitrogens is 1. The van der Waals surface area contributed by atoms with Crippen molar-refractivity contribution in [2.75, 3.05) is 54.0 Å². The van der Waals surface area contributed by atoms with Crippen LogP contribution in [-0.4, -0.2) is 96.6 Å². The van der Waals surface area contributed by atoms with Crippen LogP contribution in [0.15, 0.2) is 6.20 Å². The predicted molar refractivity (Wildman–Crippen MR) is 102 cm³/mol. The second kappa shape index (κ2) is 8.72. The molecule has 3 amide bonds. The lowest BCUT2D eigenvalue weighted by Gasteiger charge is -2.33. The summed E-state index contributed by atoms with van der Waals surface area (Å²) in [6, 6.07) is 0. The van der Waals surface area contributed by atoms with Gasteiger partial charge in [-0.3, -0.25) is 19.5 Å². The van der Waals surface area contributed by atoms with E-state index in [1.54, 1.807) is 37.2 Å². The molecule has 0 spiro atoms. The zero-order chi connectivity index (χ0) is 20.3. The fourth-order valence-corrected chi connectivity index (χ4v) is 4.02. The van der Waals surface area contributed by atoms with Crippen LogP contribution in [0.2, 0.25) is 0 Å². The highest BCUT2D eigenvalue weighted by molar-refractivity contribution is 5.95. The minimum Gasteiger partial charge on any atom is -0.383 e. The fourth-order valence-electron chi connectivity index (χ4n) is 4.02. The topological polar surface area (TPSA) is 98.8 Å². The second-order valence-electron chi connectivity index (χ2n) is 7.73. The number of carbonyl (C=O) groups excluding carboxylic acids is 3. The lowest BCUT2D eigenvalue weighted by atomic mass is 9.90. The van der Waals surface area contributed by atoms with E-state index >= 15 is 0 Å². The first-order valence-electron chi connectivity index (χ1n) is 9.72. The average molecular weight is 391 g/mol. The van der Waals surface area contributed by atoms with Gasteiger partial charge in [0.25, 0.3) is 5.91 Å². The predicted octanol–water partition coefficient (Wildman–Crippen LogP) is 0.312. The Balaban J connectivity index is 1.56. The van der Waals surface area contributed by atoms with Crippen LogP contribution in [0, 0.1) is 5.92 Å². The largest absolute Gasteiger partial charge is 0.383 e. The zero-order valence-electron chi connectivity index (χ0n) is 16.8. The lowest BCUT2D eigenvalue weighted by molar-refractivity contribution is -0.136. The number of methoxy groups -OCH3 is 1. The quantitative estimate of drug-likeness (QED) is 0.753. The van der Waals surface area contributed by atoms with E-state index in [0.717, 1.165) is 18.5 Å². The number of hydrogen-bond acceptors (Lipinski definition) is 5. The molecule has 0 saturated carbocycles. The first-order valence-corrected chi connectivity index (χ1v) is 9.72. The smallest absolute Gasteiger partial charge is 0.256 e. The Kier molecular flexibility index (Phi) is 6.33. The zero-order valence-corrected chi connectivity index (χ0v) is 16.8. The van der Waals surface area contributed by atoms with Gasteiger partial charge in [0.05, 0.1) is 30.0 Å². The third kappa shape index (κ3) is 4.19. The summed E-state index contributed by atoms with van der Waals surface area (Å²) in [6.45, 7) is 2.74. The van der Waals surface area contributed by atoms with Gasteiger partial charge in [0, 0.05) is 59.7 Å². The molecule has 2 aliphatic rings. The summed E-state index contributed by atoms with van der Waals surface area (Å²) in [5, 5.41) is 7.03. The summed E-state index contributed by atoms with van der Waals surface area (Å²) in [7, 11) is 5.04. The minimum absolute atomic E-state index is 0.0228. The molecular weight excluding hydrogens is 362 g/mol. The molecule has 9 nitrogen and oxygen atoms in total. The molecule has 1 aromatic rings. The van der Waals surface area contributed by atoms with E-state index in [1.807, 2.05) is 4.90 Å². The molecule has 1 aromatic heterocycles. The molecule has 1 N–H and O–H groups in total. The number of rotatable bonds is 6. The van der Waals surface area contributed by atoms with E-state index in [1.165, 1.54) is 0 Å². The molecule has 9 heteroatoms. The van der Waals surface area contributed by atoms with Crippen LogP contribution in [0.3, 0.4) is 0 Å². The maximum Gasteiger partial charge on any atom is 0.256 e. The summed E-state index contributed by atoms with van der Waals surface area (Å²) in [5.41, 5.74) is 1.46. The van der Waals surface area contributed by atoms with Crippen molar-refractivity contribution in [3.8, 4) is 0 Å². The number of ether oxygens (including phenoxy) is 1. The molecule has 28 heavy (non-hydrogen) atoms. The van der Waals surface area contributed by atoms with Crippen molar-refractivity contribution in [1.29, 1.82) is 0 Å². The van der Waals surface area contributed by atoms with Crippen LogP contribution in [0.1, 0.15) is 41.2 Å². The standard InChI is InChI=1S/C19H29N5O4/c1-22(2)19(27)15-11-20-21-17(15)13-4-6-23(7-5-13)18(26)14-10-16(25)24(12-14)8-9-28-3/h11,13-14H,4-10,12H2,1-3H3,(H,20,21). The van der Waals surface area contributed by atoms with E-state index in [-0.39, 0.29) is 36.0 Å². The van der Waals surface area contributed by atoms with Crippen LogP contribution in [0.4, 0.5) is 0 Å². The number of aromatic amines is 1. The second-order valence-corrected chi connectivity index (χ2v) is 7.73. The molecular formula is C19H29N5O4.